The maximum atomic E-state index is 4.58. The lowest BCUT2D eigenvalue weighted by atomic mass is 10.1. The van der Waals surface area contributed by atoms with Gasteiger partial charge in [-0.25, -0.2) is 9.67 Å². The number of pyridine rings is 1. The summed E-state index contributed by atoms with van der Waals surface area (Å²) in [6.45, 7) is 7.41. The van der Waals surface area contributed by atoms with Gasteiger partial charge in [0.15, 0.2) is 5.82 Å². The summed E-state index contributed by atoms with van der Waals surface area (Å²) in [7, 11) is 0. The number of hydrogen-bond donors (Lipinski definition) is 1. The molecule has 0 atom stereocenters. The molecular formula is C16H21BrN4. The van der Waals surface area contributed by atoms with Gasteiger partial charge in [-0.15, -0.1) is 0 Å². The summed E-state index contributed by atoms with van der Waals surface area (Å²) in [5, 5.41) is 8.13. The molecule has 2 aromatic rings. The summed E-state index contributed by atoms with van der Waals surface area (Å²) >= 11 is 3.43. The van der Waals surface area contributed by atoms with Crippen LogP contribution >= 0.6 is 15.9 Å². The molecule has 2 aromatic heterocycles. The van der Waals surface area contributed by atoms with Crippen LogP contribution in [-0.2, 0) is 6.54 Å². The van der Waals surface area contributed by atoms with Gasteiger partial charge < -0.3 is 5.32 Å². The predicted octanol–water partition coefficient (Wildman–Crippen LogP) is 3.80. The first-order valence-corrected chi connectivity index (χ1v) is 8.17. The van der Waals surface area contributed by atoms with Gasteiger partial charge in [-0.3, -0.25) is 0 Å². The Morgan fingerprint density at radius 1 is 1.29 bits per heavy atom. The monoisotopic (exact) mass is 348 g/mol. The van der Waals surface area contributed by atoms with Gasteiger partial charge in [0.1, 0.15) is 0 Å². The van der Waals surface area contributed by atoms with Crippen molar-refractivity contribution >= 4 is 15.9 Å². The fourth-order valence-electron chi connectivity index (χ4n) is 2.36. The molecule has 0 spiro atoms. The quantitative estimate of drug-likeness (QED) is 0.913. The zero-order valence-electron chi connectivity index (χ0n) is 12.7. The molecule has 112 valence electrons. The standard InChI is InChI=1S/C16H21BrN4/c1-16(2,3)19-8-12-9-20-21(15(12)11-4-5-11)14-7-6-13(17)10-18-14/h6-7,9-11,19H,4-5,8H2,1-3H3. The molecule has 1 aliphatic rings. The van der Waals surface area contributed by atoms with Crippen molar-refractivity contribution < 1.29 is 0 Å². The van der Waals surface area contributed by atoms with Crippen LogP contribution in [0.3, 0.4) is 0 Å². The maximum Gasteiger partial charge on any atom is 0.153 e. The average Bonchev–Trinajstić information content (AvgIpc) is 3.17. The van der Waals surface area contributed by atoms with E-state index in [0.717, 1.165) is 16.8 Å². The van der Waals surface area contributed by atoms with Gasteiger partial charge in [0, 0.05) is 34.2 Å². The van der Waals surface area contributed by atoms with E-state index in [1.807, 2.05) is 29.2 Å². The van der Waals surface area contributed by atoms with Gasteiger partial charge in [-0.2, -0.15) is 5.10 Å². The van der Waals surface area contributed by atoms with E-state index in [1.165, 1.54) is 24.1 Å². The third-order valence-corrected chi connectivity index (χ3v) is 4.06. The van der Waals surface area contributed by atoms with E-state index >= 15 is 0 Å². The third-order valence-electron chi connectivity index (χ3n) is 3.59. The lowest BCUT2D eigenvalue weighted by molar-refractivity contribution is 0.423. The van der Waals surface area contributed by atoms with Crippen LogP contribution in [0.25, 0.3) is 5.82 Å². The number of nitrogens with zero attached hydrogens (tertiary/aromatic N) is 3. The lowest BCUT2D eigenvalue weighted by Gasteiger charge is -2.20. The predicted molar refractivity (Wildman–Crippen MR) is 87.6 cm³/mol. The Bertz CT molecular complexity index is 621. The Morgan fingerprint density at radius 3 is 2.62 bits per heavy atom. The van der Waals surface area contributed by atoms with Crippen molar-refractivity contribution in [2.24, 2.45) is 0 Å². The lowest BCUT2D eigenvalue weighted by Crippen LogP contribution is -2.35. The van der Waals surface area contributed by atoms with E-state index in [4.69, 9.17) is 0 Å². The summed E-state index contributed by atoms with van der Waals surface area (Å²) < 4.78 is 2.99. The van der Waals surface area contributed by atoms with Crippen molar-refractivity contribution in [2.75, 3.05) is 0 Å². The number of hydrogen-bond acceptors (Lipinski definition) is 3. The van der Waals surface area contributed by atoms with Crippen molar-refractivity contribution in [2.45, 2.75) is 51.6 Å². The molecule has 4 nitrogen and oxygen atoms in total. The van der Waals surface area contributed by atoms with Crippen LogP contribution in [-0.4, -0.2) is 20.3 Å². The molecule has 0 amide bonds. The van der Waals surface area contributed by atoms with Crippen LogP contribution in [0, 0.1) is 0 Å². The van der Waals surface area contributed by atoms with E-state index in [0.29, 0.717) is 5.92 Å². The van der Waals surface area contributed by atoms with Crippen molar-refractivity contribution in [3.8, 4) is 5.82 Å². The van der Waals surface area contributed by atoms with Crippen molar-refractivity contribution in [3.05, 3.63) is 40.3 Å². The number of aromatic nitrogens is 3. The van der Waals surface area contributed by atoms with E-state index < -0.39 is 0 Å². The van der Waals surface area contributed by atoms with E-state index in [1.54, 1.807) is 0 Å². The minimum atomic E-state index is 0.110. The summed E-state index contributed by atoms with van der Waals surface area (Å²) in [6, 6.07) is 4.01. The molecule has 0 bridgehead atoms. The Kier molecular flexibility index (Phi) is 3.88. The molecule has 0 radical (unpaired) electrons. The van der Waals surface area contributed by atoms with Gasteiger partial charge in [-0.1, -0.05) is 0 Å². The normalized spacial score (nSPS) is 15.4. The molecule has 0 aliphatic heterocycles. The molecular weight excluding hydrogens is 328 g/mol. The molecule has 1 N–H and O–H groups in total. The zero-order valence-corrected chi connectivity index (χ0v) is 14.3. The first-order valence-electron chi connectivity index (χ1n) is 7.38. The van der Waals surface area contributed by atoms with Crippen molar-refractivity contribution in [1.29, 1.82) is 0 Å². The SMILES string of the molecule is CC(C)(C)NCc1cnn(-c2ccc(Br)cn2)c1C1CC1. The highest BCUT2D eigenvalue weighted by Crippen LogP contribution is 2.42. The number of halogens is 1. The van der Waals surface area contributed by atoms with Gasteiger partial charge in [0.25, 0.3) is 0 Å². The number of nitrogens with one attached hydrogen (secondary N) is 1. The molecule has 1 aliphatic carbocycles. The zero-order chi connectivity index (χ0) is 15.0. The first-order chi connectivity index (χ1) is 9.94. The third kappa shape index (κ3) is 3.52. The molecule has 1 saturated carbocycles. The van der Waals surface area contributed by atoms with Crippen molar-refractivity contribution in [1.82, 2.24) is 20.1 Å². The van der Waals surface area contributed by atoms with Crippen LogP contribution in [0.1, 0.15) is 50.8 Å². The van der Waals surface area contributed by atoms with Gasteiger partial charge >= 0.3 is 0 Å². The molecule has 0 unspecified atom stereocenters. The number of rotatable bonds is 4. The molecule has 1 fully saturated rings. The van der Waals surface area contributed by atoms with Crippen LogP contribution in [0.2, 0.25) is 0 Å². The first kappa shape index (κ1) is 14.7. The van der Waals surface area contributed by atoms with E-state index in [9.17, 15) is 0 Å². The van der Waals surface area contributed by atoms with E-state index in [-0.39, 0.29) is 5.54 Å². The summed E-state index contributed by atoms with van der Waals surface area (Å²) in [5.74, 6) is 1.52. The van der Waals surface area contributed by atoms with Gasteiger partial charge in [0.2, 0.25) is 0 Å². The largest absolute Gasteiger partial charge is 0.308 e. The van der Waals surface area contributed by atoms with Crippen molar-refractivity contribution in [3.63, 3.8) is 0 Å². The highest BCUT2D eigenvalue weighted by Gasteiger charge is 2.31. The second-order valence-corrected chi connectivity index (χ2v) is 7.59. The summed E-state index contributed by atoms with van der Waals surface area (Å²) in [5.41, 5.74) is 2.72. The Balaban J connectivity index is 1.91. The minimum Gasteiger partial charge on any atom is -0.308 e. The Hall–Kier alpha value is -1.20. The average molecular weight is 349 g/mol. The summed E-state index contributed by atoms with van der Waals surface area (Å²) in [4.78, 5) is 4.47. The van der Waals surface area contributed by atoms with Crippen LogP contribution in [0.15, 0.2) is 29.0 Å². The fraction of sp³-hybridized carbons (Fsp3) is 0.500. The molecule has 0 saturated heterocycles. The second kappa shape index (κ2) is 5.54. The Labute approximate surface area is 134 Å². The molecule has 21 heavy (non-hydrogen) atoms. The molecule has 2 heterocycles. The topological polar surface area (TPSA) is 42.7 Å². The maximum absolute atomic E-state index is 4.58. The molecule has 3 rings (SSSR count). The highest BCUT2D eigenvalue weighted by atomic mass is 79.9. The van der Waals surface area contributed by atoms with Crippen LogP contribution in [0.5, 0.6) is 0 Å². The van der Waals surface area contributed by atoms with Crippen LogP contribution in [0.4, 0.5) is 0 Å². The van der Waals surface area contributed by atoms with E-state index in [2.05, 4.69) is 52.1 Å². The van der Waals surface area contributed by atoms with Gasteiger partial charge in [0.05, 0.1) is 11.9 Å². The second-order valence-electron chi connectivity index (χ2n) is 6.68. The highest BCUT2D eigenvalue weighted by molar-refractivity contribution is 9.10. The fourth-order valence-corrected chi connectivity index (χ4v) is 2.59. The molecule has 0 aromatic carbocycles. The Morgan fingerprint density at radius 2 is 2.05 bits per heavy atom. The van der Waals surface area contributed by atoms with Gasteiger partial charge in [-0.05, 0) is 61.7 Å². The summed E-state index contributed by atoms with van der Waals surface area (Å²) in [6.07, 6.45) is 6.31. The molecule has 5 heteroatoms. The minimum absolute atomic E-state index is 0.110. The smallest absolute Gasteiger partial charge is 0.153 e. The van der Waals surface area contributed by atoms with Crippen LogP contribution < -0.4 is 5.32 Å².